The van der Waals surface area contributed by atoms with Crippen molar-refractivity contribution >= 4 is 11.8 Å². The highest BCUT2D eigenvalue weighted by Crippen LogP contribution is 2.18. The molecule has 5 nitrogen and oxygen atoms in total. The number of likely N-dealkylation sites (N-methyl/N-ethyl adjacent to an activating group) is 1. The van der Waals surface area contributed by atoms with Crippen LogP contribution in [0.4, 0.5) is 0 Å². The summed E-state index contributed by atoms with van der Waals surface area (Å²) < 4.78 is 0. The first-order valence-electron chi connectivity index (χ1n) is 9.10. The minimum atomic E-state index is -0.231. The SMILES string of the molecule is CC(=O)N1CC[C@H](N[C@@H](C)C(=O)N(C)Cc2ccccc2C)[C@H](C)C1. The molecule has 0 aromatic heterocycles. The molecule has 0 bridgehead atoms. The minimum absolute atomic E-state index is 0.101. The summed E-state index contributed by atoms with van der Waals surface area (Å²) in [5.41, 5.74) is 2.38. The summed E-state index contributed by atoms with van der Waals surface area (Å²) in [4.78, 5) is 27.9. The molecule has 2 rings (SSSR count). The Morgan fingerprint density at radius 2 is 2.04 bits per heavy atom. The van der Waals surface area contributed by atoms with E-state index >= 15 is 0 Å². The molecule has 0 saturated carbocycles. The largest absolute Gasteiger partial charge is 0.343 e. The Hall–Kier alpha value is -1.88. The zero-order valence-corrected chi connectivity index (χ0v) is 16.1. The van der Waals surface area contributed by atoms with Gasteiger partial charge in [0.05, 0.1) is 6.04 Å². The van der Waals surface area contributed by atoms with Crippen molar-refractivity contribution < 1.29 is 9.59 Å². The lowest BCUT2D eigenvalue weighted by atomic mass is 9.93. The van der Waals surface area contributed by atoms with Gasteiger partial charge in [-0.1, -0.05) is 31.2 Å². The number of nitrogens with one attached hydrogen (secondary N) is 1. The maximum absolute atomic E-state index is 12.7. The zero-order chi connectivity index (χ0) is 18.6. The molecule has 3 atom stereocenters. The number of benzene rings is 1. The first kappa shape index (κ1) is 19.4. The first-order chi connectivity index (χ1) is 11.8. The number of nitrogens with zero attached hydrogens (tertiary/aromatic N) is 2. The maximum atomic E-state index is 12.7. The monoisotopic (exact) mass is 345 g/mol. The van der Waals surface area contributed by atoms with Crippen LogP contribution in [-0.4, -0.2) is 53.8 Å². The van der Waals surface area contributed by atoms with E-state index in [1.807, 2.05) is 31.0 Å². The molecule has 1 aliphatic rings. The molecule has 0 radical (unpaired) electrons. The summed E-state index contributed by atoms with van der Waals surface area (Å²) in [5.74, 6) is 0.575. The molecule has 0 spiro atoms. The lowest BCUT2D eigenvalue weighted by Gasteiger charge is -2.38. The molecule has 138 valence electrons. The van der Waals surface area contributed by atoms with E-state index in [4.69, 9.17) is 0 Å². The quantitative estimate of drug-likeness (QED) is 0.890. The van der Waals surface area contributed by atoms with E-state index in [1.165, 1.54) is 11.1 Å². The summed E-state index contributed by atoms with van der Waals surface area (Å²) in [6.07, 6.45) is 0.889. The van der Waals surface area contributed by atoms with E-state index in [-0.39, 0.29) is 23.9 Å². The van der Waals surface area contributed by atoms with Gasteiger partial charge in [-0.2, -0.15) is 0 Å². The standard InChI is InChI=1S/C20H31N3O2/c1-14-8-6-7-9-18(14)13-22(5)20(25)16(3)21-19-10-11-23(17(4)24)12-15(19)2/h6-9,15-16,19,21H,10-13H2,1-5H3/t15-,16+,19+/m1/s1. The molecule has 1 aliphatic heterocycles. The fourth-order valence-corrected chi connectivity index (χ4v) is 3.52. The molecule has 2 amide bonds. The molecule has 1 N–H and O–H groups in total. The average Bonchev–Trinajstić information content (AvgIpc) is 2.57. The number of aryl methyl sites for hydroxylation is 1. The molecule has 25 heavy (non-hydrogen) atoms. The fraction of sp³-hybridized carbons (Fsp3) is 0.600. The Bertz CT molecular complexity index is 617. The van der Waals surface area contributed by atoms with E-state index in [2.05, 4.69) is 31.3 Å². The zero-order valence-electron chi connectivity index (χ0n) is 16.1. The van der Waals surface area contributed by atoms with Crippen LogP contribution in [-0.2, 0) is 16.1 Å². The van der Waals surface area contributed by atoms with Crippen molar-refractivity contribution in [1.82, 2.24) is 15.1 Å². The van der Waals surface area contributed by atoms with Gasteiger partial charge in [-0.25, -0.2) is 0 Å². The molecular formula is C20H31N3O2. The number of amides is 2. The molecule has 0 unspecified atom stereocenters. The number of hydrogen-bond donors (Lipinski definition) is 1. The van der Waals surface area contributed by atoms with Crippen molar-refractivity contribution in [2.45, 2.75) is 52.7 Å². The summed E-state index contributed by atoms with van der Waals surface area (Å²) >= 11 is 0. The van der Waals surface area contributed by atoms with Crippen LogP contribution in [0.2, 0.25) is 0 Å². The molecule has 5 heteroatoms. The van der Waals surface area contributed by atoms with Crippen molar-refractivity contribution in [2.75, 3.05) is 20.1 Å². The predicted octanol–water partition coefficient (Wildman–Crippen LogP) is 2.19. The second-order valence-electron chi connectivity index (χ2n) is 7.35. The molecule has 1 saturated heterocycles. The van der Waals surface area contributed by atoms with Crippen LogP contribution in [0.15, 0.2) is 24.3 Å². The Kier molecular flexibility index (Phi) is 6.59. The summed E-state index contributed by atoms with van der Waals surface area (Å²) in [6, 6.07) is 8.19. The molecule has 1 fully saturated rings. The van der Waals surface area contributed by atoms with E-state index in [0.717, 1.165) is 19.5 Å². The van der Waals surface area contributed by atoms with Gasteiger partial charge in [0.25, 0.3) is 0 Å². The Balaban J connectivity index is 1.89. The van der Waals surface area contributed by atoms with Crippen molar-refractivity contribution in [3.63, 3.8) is 0 Å². The second-order valence-corrected chi connectivity index (χ2v) is 7.35. The number of piperidine rings is 1. The number of hydrogen-bond acceptors (Lipinski definition) is 3. The van der Waals surface area contributed by atoms with Crippen molar-refractivity contribution in [3.8, 4) is 0 Å². The average molecular weight is 345 g/mol. The Morgan fingerprint density at radius 1 is 1.36 bits per heavy atom. The molecular weight excluding hydrogens is 314 g/mol. The van der Waals surface area contributed by atoms with Crippen molar-refractivity contribution in [3.05, 3.63) is 35.4 Å². The summed E-state index contributed by atoms with van der Waals surface area (Å²) in [5, 5.41) is 3.48. The maximum Gasteiger partial charge on any atom is 0.239 e. The minimum Gasteiger partial charge on any atom is -0.343 e. The van der Waals surface area contributed by atoms with Gasteiger partial charge >= 0.3 is 0 Å². The van der Waals surface area contributed by atoms with Crippen molar-refractivity contribution in [2.24, 2.45) is 5.92 Å². The topological polar surface area (TPSA) is 52.7 Å². The van der Waals surface area contributed by atoms with Crippen molar-refractivity contribution in [1.29, 1.82) is 0 Å². The first-order valence-corrected chi connectivity index (χ1v) is 9.10. The van der Waals surface area contributed by atoms with Gasteiger partial charge in [0.15, 0.2) is 0 Å². The van der Waals surface area contributed by atoms with Crippen LogP contribution in [0.5, 0.6) is 0 Å². The van der Waals surface area contributed by atoms with Crippen LogP contribution in [0.3, 0.4) is 0 Å². The van der Waals surface area contributed by atoms with E-state index < -0.39 is 0 Å². The third-order valence-electron chi connectivity index (χ3n) is 5.23. The molecule has 1 aromatic rings. The lowest BCUT2D eigenvalue weighted by molar-refractivity contribution is -0.134. The van der Waals surface area contributed by atoms with E-state index in [1.54, 1.807) is 11.8 Å². The van der Waals surface area contributed by atoms with Gasteiger partial charge in [0, 0.05) is 39.6 Å². The van der Waals surface area contributed by atoms with Crippen LogP contribution >= 0.6 is 0 Å². The Labute approximate surface area is 151 Å². The van der Waals surface area contributed by atoms with Gasteiger partial charge in [0.2, 0.25) is 11.8 Å². The van der Waals surface area contributed by atoms with Crippen LogP contribution in [0, 0.1) is 12.8 Å². The summed E-state index contributed by atoms with van der Waals surface area (Å²) in [7, 11) is 1.86. The normalized spacial score (nSPS) is 21.7. The van der Waals surface area contributed by atoms with E-state index in [0.29, 0.717) is 12.5 Å². The lowest BCUT2D eigenvalue weighted by Crippen LogP contribution is -2.54. The predicted molar refractivity (Wildman–Crippen MR) is 100 cm³/mol. The fourth-order valence-electron chi connectivity index (χ4n) is 3.52. The number of likely N-dealkylation sites (tertiary alicyclic amines) is 1. The van der Waals surface area contributed by atoms with E-state index in [9.17, 15) is 9.59 Å². The van der Waals surface area contributed by atoms with Gasteiger partial charge in [0.1, 0.15) is 0 Å². The van der Waals surface area contributed by atoms with Crippen LogP contribution in [0.1, 0.15) is 38.3 Å². The summed E-state index contributed by atoms with van der Waals surface area (Å²) in [6.45, 7) is 9.90. The van der Waals surface area contributed by atoms with Gasteiger partial charge in [-0.15, -0.1) is 0 Å². The molecule has 1 aromatic carbocycles. The third-order valence-corrected chi connectivity index (χ3v) is 5.23. The third kappa shape index (κ3) is 5.05. The molecule has 1 heterocycles. The highest BCUT2D eigenvalue weighted by Gasteiger charge is 2.30. The van der Waals surface area contributed by atoms with Crippen LogP contribution in [0.25, 0.3) is 0 Å². The van der Waals surface area contributed by atoms with Crippen LogP contribution < -0.4 is 5.32 Å². The number of rotatable bonds is 5. The van der Waals surface area contributed by atoms with Gasteiger partial charge in [-0.3, -0.25) is 9.59 Å². The number of carbonyl (C=O) groups is 2. The highest BCUT2D eigenvalue weighted by atomic mass is 16.2. The highest BCUT2D eigenvalue weighted by molar-refractivity contribution is 5.81. The van der Waals surface area contributed by atoms with Gasteiger partial charge < -0.3 is 15.1 Å². The second kappa shape index (κ2) is 8.48. The molecule has 0 aliphatic carbocycles. The Morgan fingerprint density at radius 3 is 2.64 bits per heavy atom. The van der Waals surface area contributed by atoms with Gasteiger partial charge in [-0.05, 0) is 37.3 Å². The number of carbonyl (C=O) groups excluding carboxylic acids is 2. The smallest absolute Gasteiger partial charge is 0.239 e.